The van der Waals surface area contributed by atoms with Crippen molar-refractivity contribution in [2.45, 2.75) is 38.2 Å². The fourth-order valence-electron chi connectivity index (χ4n) is 2.19. The summed E-state index contributed by atoms with van der Waals surface area (Å²) in [4.78, 5) is 14.8. The highest BCUT2D eigenvalue weighted by atomic mass is 32.2. The number of rotatable bonds is 6. The average molecular weight is 354 g/mol. The van der Waals surface area contributed by atoms with Gasteiger partial charge >= 0.3 is 0 Å². The van der Waals surface area contributed by atoms with Gasteiger partial charge in [-0.25, -0.2) is 13.4 Å². The van der Waals surface area contributed by atoms with E-state index in [9.17, 15) is 18.5 Å². The number of benzene rings is 1. The Morgan fingerprint density at radius 3 is 2.57 bits per heavy atom. The lowest BCUT2D eigenvalue weighted by molar-refractivity contribution is -0.385. The molecule has 8 heteroatoms. The predicted octanol–water partition coefficient (Wildman–Crippen LogP) is 3.60. The SMILES string of the molecule is Cc1c(CS(=O)(=O)Cc2csc(C(C)C)n2)cccc1[N+](=O)[O-]. The molecule has 6 nitrogen and oxygen atoms in total. The molecular formula is C15H18N2O4S2. The standard InChI is InChI=1S/C15H18N2O4S2/c1-10(2)15-16-13(7-22-15)9-23(20,21)8-12-5-4-6-14(11(12)3)17(18)19/h4-7,10H,8-9H2,1-3H3. The first-order valence-electron chi connectivity index (χ1n) is 7.07. The number of hydrogen-bond acceptors (Lipinski definition) is 6. The van der Waals surface area contributed by atoms with Crippen LogP contribution in [0.3, 0.4) is 0 Å². The number of aromatic nitrogens is 1. The lowest BCUT2D eigenvalue weighted by Crippen LogP contribution is -2.09. The summed E-state index contributed by atoms with van der Waals surface area (Å²) in [5.41, 5.74) is 1.32. The van der Waals surface area contributed by atoms with Gasteiger partial charge in [0, 0.05) is 22.9 Å². The largest absolute Gasteiger partial charge is 0.272 e. The summed E-state index contributed by atoms with van der Waals surface area (Å²) in [6.45, 7) is 5.58. The van der Waals surface area contributed by atoms with Crippen LogP contribution in [0.5, 0.6) is 0 Å². The number of nitro groups is 1. The molecule has 1 heterocycles. The van der Waals surface area contributed by atoms with Gasteiger partial charge in [-0.2, -0.15) is 0 Å². The molecule has 0 unspecified atom stereocenters. The van der Waals surface area contributed by atoms with Crippen LogP contribution in [0.4, 0.5) is 5.69 Å². The molecule has 124 valence electrons. The van der Waals surface area contributed by atoms with Crippen molar-refractivity contribution in [1.29, 1.82) is 0 Å². The van der Waals surface area contributed by atoms with E-state index in [0.29, 0.717) is 16.8 Å². The number of nitro benzene ring substituents is 1. The summed E-state index contributed by atoms with van der Waals surface area (Å²) in [7, 11) is -3.44. The van der Waals surface area contributed by atoms with Crippen LogP contribution in [0.2, 0.25) is 0 Å². The minimum Gasteiger partial charge on any atom is -0.258 e. The minimum atomic E-state index is -3.44. The quantitative estimate of drug-likeness (QED) is 0.584. The summed E-state index contributed by atoms with van der Waals surface area (Å²) in [5, 5.41) is 13.6. The molecule has 1 aromatic heterocycles. The van der Waals surface area contributed by atoms with Crippen LogP contribution in [-0.4, -0.2) is 18.3 Å². The summed E-state index contributed by atoms with van der Waals surface area (Å²) in [6, 6.07) is 4.50. The maximum Gasteiger partial charge on any atom is 0.272 e. The van der Waals surface area contributed by atoms with E-state index in [1.54, 1.807) is 18.4 Å². The molecule has 0 bridgehead atoms. The van der Waals surface area contributed by atoms with E-state index < -0.39 is 14.8 Å². The van der Waals surface area contributed by atoms with Crippen LogP contribution in [-0.2, 0) is 21.3 Å². The third kappa shape index (κ3) is 4.35. The lowest BCUT2D eigenvalue weighted by Gasteiger charge is -2.07. The smallest absolute Gasteiger partial charge is 0.258 e. The third-order valence-electron chi connectivity index (χ3n) is 3.42. The molecule has 0 atom stereocenters. The highest BCUT2D eigenvalue weighted by Gasteiger charge is 2.20. The van der Waals surface area contributed by atoms with E-state index in [-0.39, 0.29) is 23.1 Å². The maximum atomic E-state index is 12.4. The summed E-state index contributed by atoms with van der Waals surface area (Å²) >= 11 is 1.45. The highest BCUT2D eigenvalue weighted by Crippen LogP contribution is 2.25. The van der Waals surface area contributed by atoms with Gasteiger partial charge in [-0.05, 0) is 12.5 Å². The minimum absolute atomic E-state index is 0.0616. The van der Waals surface area contributed by atoms with Crippen molar-refractivity contribution in [2.75, 3.05) is 0 Å². The fourth-order valence-corrected chi connectivity index (χ4v) is 4.62. The fraction of sp³-hybridized carbons (Fsp3) is 0.400. The van der Waals surface area contributed by atoms with Gasteiger partial charge in [-0.1, -0.05) is 26.0 Å². The Balaban J connectivity index is 2.21. The number of nitrogens with zero attached hydrogens (tertiary/aromatic N) is 2. The van der Waals surface area contributed by atoms with Crippen LogP contribution >= 0.6 is 11.3 Å². The molecule has 0 aliphatic heterocycles. The van der Waals surface area contributed by atoms with E-state index in [1.807, 2.05) is 13.8 Å². The van der Waals surface area contributed by atoms with Crippen LogP contribution in [0.15, 0.2) is 23.6 Å². The van der Waals surface area contributed by atoms with Crippen LogP contribution in [0.1, 0.15) is 41.6 Å². The third-order valence-corrected chi connectivity index (χ3v) is 6.10. The van der Waals surface area contributed by atoms with Crippen LogP contribution in [0, 0.1) is 17.0 Å². The first-order valence-corrected chi connectivity index (χ1v) is 9.77. The number of sulfone groups is 1. The van der Waals surface area contributed by atoms with Crippen molar-refractivity contribution < 1.29 is 13.3 Å². The molecule has 0 fully saturated rings. The predicted molar refractivity (Wildman–Crippen MR) is 90.4 cm³/mol. The molecule has 1 aromatic carbocycles. The van der Waals surface area contributed by atoms with Crippen molar-refractivity contribution in [1.82, 2.24) is 4.98 Å². The molecule has 0 spiro atoms. The van der Waals surface area contributed by atoms with Gasteiger partial charge in [0.15, 0.2) is 9.84 Å². The second kappa shape index (κ2) is 6.76. The molecule has 0 saturated carbocycles. The molecule has 0 N–H and O–H groups in total. The monoisotopic (exact) mass is 354 g/mol. The summed E-state index contributed by atoms with van der Waals surface area (Å²) in [6.07, 6.45) is 0. The van der Waals surface area contributed by atoms with Gasteiger partial charge in [0.05, 0.1) is 27.1 Å². The zero-order valence-corrected chi connectivity index (χ0v) is 14.8. The Bertz CT molecular complexity index is 826. The van der Waals surface area contributed by atoms with Crippen LogP contribution < -0.4 is 0 Å². The van der Waals surface area contributed by atoms with Gasteiger partial charge < -0.3 is 0 Å². The lowest BCUT2D eigenvalue weighted by atomic mass is 10.1. The van der Waals surface area contributed by atoms with Gasteiger partial charge in [0.1, 0.15) is 0 Å². The molecule has 2 rings (SSSR count). The normalized spacial score (nSPS) is 11.8. The zero-order chi connectivity index (χ0) is 17.2. The van der Waals surface area contributed by atoms with Gasteiger partial charge in [-0.15, -0.1) is 11.3 Å². The first-order chi connectivity index (χ1) is 10.7. The zero-order valence-electron chi connectivity index (χ0n) is 13.1. The van der Waals surface area contributed by atoms with E-state index in [2.05, 4.69) is 4.98 Å². The Kier molecular flexibility index (Phi) is 5.16. The maximum absolute atomic E-state index is 12.4. The number of thiazole rings is 1. The van der Waals surface area contributed by atoms with Crippen LogP contribution in [0.25, 0.3) is 0 Å². The molecule has 0 amide bonds. The molecule has 0 saturated heterocycles. The summed E-state index contributed by atoms with van der Waals surface area (Å²) in [5.74, 6) is -0.122. The molecular weight excluding hydrogens is 336 g/mol. The van der Waals surface area contributed by atoms with Crippen molar-refractivity contribution >= 4 is 26.9 Å². The molecule has 0 aliphatic carbocycles. The van der Waals surface area contributed by atoms with E-state index in [4.69, 9.17) is 0 Å². The first kappa shape index (κ1) is 17.6. The van der Waals surface area contributed by atoms with Crippen molar-refractivity contribution in [3.8, 4) is 0 Å². The molecule has 2 aromatic rings. The average Bonchev–Trinajstić information content (AvgIpc) is 2.88. The van der Waals surface area contributed by atoms with E-state index in [0.717, 1.165) is 5.01 Å². The molecule has 23 heavy (non-hydrogen) atoms. The molecule has 0 aliphatic rings. The topological polar surface area (TPSA) is 90.2 Å². The van der Waals surface area contributed by atoms with Crippen molar-refractivity contribution in [2.24, 2.45) is 0 Å². The highest BCUT2D eigenvalue weighted by molar-refractivity contribution is 7.89. The molecule has 0 radical (unpaired) electrons. The number of hydrogen-bond donors (Lipinski definition) is 0. The van der Waals surface area contributed by atoms with Gasteiger partial charge in [0.25, 0.3) is 5.69 Å². The second-order valence-electron chi connectivity index (χ2n) is 5.68. The van der Waals surface area contributed by atoms with Crippen molar-refractivity contribution in [3.05, 3.63) is 55.5 Å². The second-order valence-corrected chi connectivity index (χ2v) is 8.64. The van der Waals surface area contributed by atoms with Gasteiger partial charge in [-0.3, -0.25) is 10.1 Å². The van der Waals surface area contributed by atoms with E-state index in [1.165, 1.54) is 23.5 Å². The summed E-state index contributed by atoms with van der Waals surface area (Å²) < 4.78 is 24.8. The van der Waals surface area contributed by atoms with Gasteiger partial charge in [0.2, 0.25) is 0 Å². The van der Waals surface area contributed by atoms with E-state index >= 15 is 0 Å². The Hall–Kier alpha value is -1.80. The Morgan fingerprint density at radius 2 is 2.00 bits per heavy atom. The Morgan fingerprint density at radius 1 is 1.30 bits per heavy atom. The Labute approximate surface area is 139 Å². The van der Waals surface area contributed by atoms with Crippen molar-refractivity contribution in [3.63, 3.8) is 0 Å².